The number of hydrogen-bond donors (Lipinski definition) is 3. The third-order valence-electron chi connectivity index (χ3n) is 4.77. The van der Waals surface area contributed by atoms with Crippen molar-refractivity contribution in [2.45, 2.75) is 23.8 Å². The van der Waals surface area contributed by atoms with E-state index >= 15 is 0 Å². The summed E-state index contributed by atoms with van der Waals surface area (Å²) in [5, 5.41) is 7.75. The summed E-state index contributed by atoms with van der Waals surface area (Å²) in [7, 11) is 0. The van der Waals surface area contributed by atoms with Crippen LogP contribution in [-0.4, -0.2) is 42.4 Å². The molecule has 2 aromatic carbocycles. The van der Waals surface area contributed by atoms with Crippen LogP contribution in [0, 0.1) is 0 Å². The van der Waals surface area contributed by atoms with Crippen molar-refractivity contribution in [1.82, 2.24) is 10.6 Å². The van der Waals surface area contributed by atoms with Crippen molar-refractivity contribution in [3.63, 3.8) is 0 Å². The fourth-order valence-electron chi connectivity index (χ4n) is 3.12. The fourth-order valence-corrected chi connectivity index (χ4v) is 4.26. The Kier molecular flexibility index (Phi) is 5.54. The van der Waals surface area contributed by atoms with Crippen molar-refractivity contribution in [2.75, 3.05) is 24.3 Å². The van der Waals surface area contributed by atoms with Gasteiger partial charge in [0.15, 0.2) is 11.5 Å². The predicted octanol–water partition coefficient (Wildman–Crippen LogP) is 2.79. The molecule has 8 nitrogen and oxygen atoms in total. The number of fused-ring (bicyclic) bond motifs is 1. The minimum atomic E-state index is -1.03. The second-order valence-electron chi connectivity index (χ2n) is 7.19. The van der Waals surface area contributed by atoms with E-state index in [-0.39, 0.29) is 11.8 Å². The number of anilines is 1. The van der Waals surface area contributed by atoms with Gasteiger partial charge in [0, 0.05) is 28.8 Å². The van der Waals surface area contributed by atoms with Crippen LogP contribution >= 0.6 is 11.8 Å². The molecule has 2 aromatic rings. The van der Waals surface area contributed by atoms with Gasteiger partial charge in [-0.05, 0) is 31.2 Å². The first kappa shape index (κ1) is 20.1. The van der Waals surface area contributed by atoms with E-state index in [1.807, 2.05) is 12.1 Å². The van der Waals surface area contributed by atoms with E-state index in [1.165, 1.54) is 11.8 Å². The molecule has 1 saturated heterocycles. The highest BCUT2D eigenvalue weighted by atomic mass is 32.2. The van der Waals surface area contributed by atoms with Gasteiger partial charge in [0.1, 0.15) is 5.54 Å². The maximum absolute atomic E-state index is 12.9. The van der Waals surface area contributed by atoms with Crippen LogP contribution in [-0.2, 0) is 4.79 Å². The van der Waals surface area contributed by atoms with Crippen molar-refractivity contribution in [1.29, 1.82) is 0 Å². The molecule has 4 amide bonds. The van der Waals surface area contributed by atoms with Crippen LogP contribution in [0.5, 0.6) is 11.5 Å². The third kappa shape index (κ3) is 4.20. The van der Waals surface area contributed by atoms with E-state index in [0.29, 0.717) is 46.6 Å². The van der Waals surface area contributed by atoms with Gasteiger partial charge in [-0.3, -0.25) is 14.9 Å². The molecule has 0 aromatic heterocycles. The van der Waals surface area contributed by atoms with E-state index in [9.17, 15) is 14.4 Å². The van der Waals surface area contributed by atoms with E-state index in [1.54, 1.807) is 37.3 Å². The molecule has 0 spiro atoms. The van der Waals surface area contributed by atoms with Crippen molar-refractivity contribution >= 4 is 35.3 Å². The van der Waals surface area contributed by atoms with Crippen molar-refractivity contribution in [3.05, 3.63) is 48.0 Å². The summed E-state index contributed by atoms with van der Waals surface area (Å²) in [6, 6.07) is 11.9. The molecule has 0 saturated carbocycles. The number of hydrogen-bond acceptors (Lipinski definition) is 6. The zero-order valence-electron chi connectivity index (χ0n) is 16.3. The lowest BCUT2D eigenvalue weighted by Crippen LogP contribution is -2.46. The van der Waals surface area contributed by atoms with Gasteiger partial charge in [-0.15, -0.1) is 11.8 Å². The van der Waals surface area contributed by atoms with Crippen molar-refractivity contribution in [3.8, 4) is 11.5 Å². The Morgan fingerprint density at radius 2 is 1.90 bits per heavy atom. The van der Waals surface area contributed by atoms with Crippen LogP contribution in [0.25, 0.3) is 0 Å². The molecule has 1 fully saturated rings. The number of ether oxygens (including phenoxy) is 2. The quantitative estimate of drug-likeness (QED) is 0.501. The summed E-state index contributed by atoms with van der Waals surface area (Å²) in [6.07, 6.45) is 0.804. The molecule has 0 unspecified atom stereocenters. The average molecular weight is 427 g/mol. The summed E-state index contributed by atoms with van der Waals surface area (Å²) in [5.41, 5.74) is 0.0426. The maximum Gasteiger partial charge on any atom is 0.322 e. The van der Waals surface area contributed by atoms with E-state index in [2.05, 4.69) is 16.0 Å². The molecule has 2 aliphatic rings. The minimum Gasteiger partial charge on any atom is -0.490 e. The third-order valence-corrected chi connectivity index (χ3v) is 6.16. The fraction of sp³-hybridized carbons (Fsp3) is 0.286. The van der Waals surface area contributed by atoms with Crippen LogP contribution in [0.2, 0.25) is 0 Å². The van der Waals surface area contributed by atoms with Gasteiger partial charge in [0.2, 0.25) is 0 Å². The van der Waals surface area contributed by atoms with E-state index in [4.69, 9.17) is 9.47 Å². The highest BCUT2D eigenvalue weighted by molar-refractivity contribution is 7.99. The highest BCUT2D eigenvalue weighted by Crippen LogP contribution is 2.33. The Morgan fingerprint density at radius 1 is 1.13 bits per heavy atom. The summed E-state index contributed by atoms with van der Waals surface area (Å²) >= 11 is 1.33. The lowest BCUT2D eigenvalue weighted by Gasteiger charge is -2.20. The molecule has 0 aliphatic carbocycles. The molecule has 2 heterocycles. The number of carbonyl (C=O) groups excluding carboxylic acids is 3. The molecule has 156 valence electrons. The van der Waals surface area contributed by atoms with E-state index in [0.717, 1.165) is 6.42 Å². The van der Waals surface area contributed by atoms with Gasteiger partial charge in [0.25, 0.3) is 11.8 Å². The molecular formula is C21H21N3O5S. The summed E-state index contributed by atoms with van der Waals surface area (Å²) in [6.45, 7) is 2.81. The first-order valence-electron chi connectivity index (χ1n) is 9.51. The largest absolute Gasteiger partial charge is 0.490 e. The van der Waals surface area contributed by atoms with Gasteiger partial charge >= 0.3 is 6.03 Å². The standard InChI is InChI=1S/C21H21N3O5S/c1-21(19(26)23-20(27)24-21)12-30-17-6-3-2-5-14(17)18(25)22-13-7-8-15-16(11-13)29-10-4-9-28-15/h2-3,5-8,11H,4,9-10,12H2,1H3,(H,22,25)(H2,23,24,26,27)/t21-/m1/s1. The smallest absolute Gasteiger partial charge is 0.322 e. The second-order valence-corrected chi connectivity index (χ2v) is 8.21. The molecule has 2 aliphatic heterocycles. The average Bonchev–Trinajstić information content (AvgIpc) is 2.88. The number of nitrogens with one attached hydrogen (secondary N) is 3. The molecule has 4 rings (SSSR count). The van der Waals surface area contributed by atoms with Crippen molar-refractivity contribution in [2.24, 2.45) is 0 Å². The number of benzene rings is 2. The van der Waals surface area contributed by atoms with Crippen LogP contribution < -0.4 is 25.4 Å². The van der Waals surface area contributed by atoms with Gasteiger partial charge in [-0.25, -0.2) is 4.79 Å². The lowest BCUT2D eigenvalue weighted by atomic mass is 10.1. The number of thioether (sulfide) groups is 1. The lowest BCUT2D eigenvalue weighted by molar-refractivity contribution is -0.122. The monoisotopic (exact) mass is 427 g/mol. The predicted molar refractivity (Wildman–Crippen MR) is 112 cm³/mol. The normalized spacial score (nSPS) is 20.2. The van der Waals surface area contributed by atoms with Gasteiger partial charge in [-0.2, -0.15) is 0 Å². The molecular weight excluding hydrogens is 406 g/mol. The Balaban J connectivity index is 1.48. The molecule has 9 heteroatoms. The second kappa shape index (κ2) is 8.27. The summed E-state index contributed by atoms with van der Waals surface area (Å²) in [4.78, 5) is 37.1. The number of carbonyl (C=O) groups is 3. The van der Waals surface area contributed by atoms with Crippen LogP contribution in [0.15, 0.2) is 47.4 Å². The van der Waals surface area contributed by atoms with Crippen molar-refractivity contribution < 1.29 is 23.9 Å². The molecule has 0 bridgehead atoms. The van der Waals surface area contributed by atoms with Crippen LogP contribution in [0.3, 0.4) is 0 Å². The summed E-state index contributed by atoms with van der Waals surface area (Å²) < 4.78 is 11.3. The Hall–Kier alpha value is -3.20. The molecule has 30 heavy (non-hydrogen) atoms. The number of urea groups is 1. The molecule has 1 atom stereocenters. The number of rotatable bonds is 5. The van der Waals surface area contributed by atoms with Gasteiger partial charge in [0.05, 0.1) is 18.8 Å². The van der Waals surface area contributed by atoms with Crippen LogP contribution in [0.1, 0.15) is 23.7 Å². The number of imide groups is 1. The number of amides is 4. The Labute approximate surface area is 177 Å². The summed E-state index contributed by atoms with van der Waals surface area (Å²) in [5.74, 6) is 0.890. The first-order valence-corrected chi connectivity index (χ1v) is 10.5. The maximum atomic E-state index is 12.9. The topological polar surface area (TPSA) is 106 Å². The Morgan fingerprint density at radius 3 is 2.67 bits per heavy atom. The Bertz CT molecular complexity index is 1010. The zero-order valence-corrected chi connectivity index (χ0v) is 17.1. The van der Waals surface area contributed by atoms with Gasteiger partial charge in [-0.1, -0.05) is 12.1 Å². The molecule has 3 N–H and O–H groups in total. The van der Waals surface area contributed by atoms with Gasteiger partial charge < -0.3 is 20.1 Å². The van der Waals surface area contributed by atoms with Crippen LogP contribution in [0.4, 0.5) is 10.5 Å². The highest BCUT2D eigenvalue weighted by Gasteiger charge is 2.41. The molecule has 0 radical (unpaired) electrons. The zero-order chi connectivity index (χ0) is 21.1. The SMILES string of the molecule is C[C@]1(CSc2ccccc2C(=O)Nc2ccc3c(c2)OCCCO3)NC(=O)NC1=O. The first-order chi connectivity index (χ1) is 14.4. The minimum absolute atomic E-state index is 0.280. The van der Waals surface area contributed by atoms with E-state index < -0.39 is 11.6 Å².